The Labute approximate surface area is 118 Å². The van der Waals surface area contributed by atoms with Gasteiger partial charge in [-0.15, -0.1) is 5.73 Å². The number of aryl methyl sites for hydroxylation is 1. The second kappa shape index (κ2) is 5.39. The maximum absolute atomic E-state index is 3.83. The molecule has 0 nitrogen and oxygen atoms in total. The van der Waals surface area contributed by atoms with Crippen molar-refractivity contribution in [2.24, 2.45) is 5.92 Å². The smallest absolute Gasteiger partial charge is 0.00222 e. The first-order valence-corrected chi connectivity index (χ1v) is 7.44. The molecule has 0 unspecified atom stereocenters. The Bertz CT molecular complexity index is 507. The monoisotopic (exact) mass is 254 g/mol. The van der Waals surface area contributed by atoms with Crippen molar-refractivity contribution in [1.29, 1.82) is 0 Å². The molecule has 0 aliphatic heterocycles. The fraction of sp³-hybridized carbons (Fsp3) is 0.526. The van der Waals surface area contributed by atoms with E-state index in [2.05, 4.69) is 58.2 Å². The molecule has 1 aromatic carbocycles. The van der Waals surface area contributed by atoms with Crippen molar-refractivity contribution in [3.05, 3.63) is 47.2 Å². The molecule has 0 spiro atoms. The van der Waals surface area contributed by atoms with E-state index < -0.39 is 0 Å². The van der Waals surface area contributed by atoms with E-state index in [1.54, 1.807) is 0 Å². The summed E-state index contributed by atoms with van der Waals surface area (Å²) in [6.45, 7) is 12.9. The minimum absolute atomic E-state index is 0.327. The van der Waals surface area contributed by atoms with Crippen LogP contribution in [0.25, 0.3) is 5.57 Å². The Kier molecular flexibility index (Phi) is 4.02. The first-order chi connectivity index (χ1) is 8.96. The van der Waals surface area contributed by atoms with E-state index in [1.165, 1.54) is 47.9 Å². The third kappa shape index (κ3) is 2.85. The fourth-order valence-corrected chi connectivity index (χ4v) is 3.26. The van der Waals surface area contributed by atoms with Gasteiger partial charge in [-0.2, -0.15) is 0 Å². The van der Waals surface area contributed by atoms with Crippen LogP contribution in [0.4, 0.5) is 0 Å². The standard InChI is InChI=1S/C19H26/c1-6-16(4)17-13-15(3)7-8-18(17)19(5)11-9-14(2)10-12-19/h7-8,13-14H,1,9-12H2,2-5H3. The lowest BCUT2D eigenvalue weighted by Crippen LogP contribution is -2.29. The van der Waals surface area contributed by atoms with Gasteiger partial charge in [0.15, 0.2) is 0 Å². The van der Waals surface area contributed by atoms with Crippen LogP contribution in [-0.4, -0.2) is 0 Å². The highest BCUT2D eigenvalue weighted by Gasteiger charge is 2.33. The van der Waals surface area contributed by atoms with Crippen molar-refractivity contribution in [1.82, 2.24) is 0 Å². The molecule has 102 valence electrons. The summed E-state index contributed by atoms with van der Waals surface area (Å²) < 4.78 is 0. The van der Waals surface area contributed by atoms with Crippen molar-refractivity contribution in [2.45, 2.75) is 58.8 Å². The third-order valence-electron chi connectivity index (χ3n) is 4.87. The molecule has 0 heterocycles. The second-order valence-electron chi connectivity index (χ2n) is 6.59. The zero-order valence-electron chi connectivity index (χ0n) is 12.8. The highest BCUT2D eigenvalue weighted by atomic mass is 14.4. The molecular weight excluding hydrogens is 228 g/mol. The highest BCUT2D eigenvalue weighted by molar-refractivity contribution is 5.67. The molecule has 1 aromatic rings. The van der Waals surface area contributed by atoms with Crippen LogP contribution in [0.15, 0.2) is 30.5 Å². The normalized spacial score (nSPS) is 26.8. The van der Waals surface area contributed by atoms with Gasteiger partial charge in [-0.1, -0.05) is 44.2 Å². The number of benzene rings is 1. The van der Waals surface area contributed by atoms with Crippen molar-refractivity contribution in [2.75, 3.05) is 0 Å². The maximum Gasteiger partial charge on any atom is -0.00222 e. The molecule has 19 heavy (non-hydrogen) atoms. The van der Waals surface area contributed by atoms with Crippen LogP contribution in [-0.2, 0) is 5.41 Å². The maximum atomic E-state index is 3.83. The topological polar surface area (TPSA) is 0 Å². The number of hydrogen-bond acceptors (Lipinski definition) is 0. The minimum atomic E-state index is 0.327. The first kappa shape index (κ1) is 14.2. The van der Waals surface area contributed by atoms with Gasteiger partial charge in [0, 0.05) is 0 Å². The van der Waals surface area contributed by atoms with E-state index in [1.807, 2.05) is 0 Å². The number of rotatable bonds is 2. The van der Waals surface area contributed by atoms with Gasteiger partial charge in [0.05, 0.1) is 0 Å². The molecule has 1 aliphatic rings. The average Bonchev–Trinajstić information content (AvgIpc) is 2.41. The molecule has 0 aromatic heterocycles. The van der Waals surface area contributed by atoms with Gasteiger partial charge >= 0.3 is 0 Å². The second-order valence-corrected chi connectivity index (χ2v) is 6.59. The summed E-state index contributed by atoms with van der Waals surface area (Å²) in [4.78, 5) is 0. The SMILES string of the molecule is C=C=C(C)c1cc(C)ccc1C1(C)CCC(C)CC1. The van der Waals surface area contributed by atoms with Gasteiger partial charge in [0.25, 0.3) is 0 Å². The van der Waals surface area contributed by atoms with Crippen molar-refractivity contribution >= 4 is 5.57 Å². The van der Waals surface area contributed by atoms with E-state index in [0.717, 1.165) is 5.92 Å². The summed E-state index contributed by atoms with van der Waals surface area (Å²) in [6, 6.07) is 6.88. The van der Waals surface area contributed by atoms with Crippen LogP contribution in [0.1, 0.15) is 63.1 Å². The molecule has 0 N–H and O–H groups in total. The van der Waals surface area contributed by atoms with Gasteiger partial charge in [0.1, 0.15) is 0 Å². The van der Waals surface area contributed by atoms with Crippen LogP contribution in [0, 0.1) is 12.8 Å². The molecule has 1 aliphatic carbocycles. The lowest BCUT2D eigenvalue weighted by Gasteiger charge is -2.38. The summed E-state index contributed by atoms with van der Waals surface area (Å²) >= 11 is 0. The molecule has 0 saturated heterocycles. The minimum Gasteiger partial charge on any atom is -0.125 e. The van der Waals surface area contributed by atoms with Gasteiger partial charge in [0.2, 0.25) is 0 Å². The Morgan fingerprint density at radius 1 is 1.32 bits per heavy atom. The summed E-state index contributed by atoms with van der Waals surface area (Å²) in [7, 11) is 0. The Balaban J connectivity index is 2.47. The zero-order valence-corrected chi connectivity index (χ0v) is 12.8. The van der Waals surface area contributed by atoms with Crippen molar-refractivity contribution < 1.29 is 0 Å². The zero-order chi connectivity index (χ0) is 14.0. The Hall–Kier alpha value is -1.26. The first-order valence-electron chi connectivity index (χ1n) is 7.44. The molecular formula is C19H26. The Morgan fingerprint density at radius 3 is 2.53 bits per heavy atom. The van der Waals surface area contributed by atoms with E-state index >= 15 is 0 Å². The molecule has 0 atom stereocenters. The third-order valence-corrected chi connectivity index (χ3v) is 4.87. The predicted molar refractivity (Wildman–Crippen MR) is 84.4 cm³/mol. The van der Waals surface area contributed by atoms with E-state index in [0.29, 0.717) is 5.41 Å². The molecule has 0 amide bonds. The summed E-state index contributed by atoms with van der Waals surface area (Å²) in [5, 5.41) is 0. The predicted octanol–water partition coefficient (Wildman–Crippen LogP) is 5.65. The van der Waals surface area contributed by atoms with Gasteiger partial charge in [-0.3, -0.25) is 0 Å². The van der Waals surface area contributed by atoms with Crippen LogP contribution >= 0.6 is 0 Å². The molecule has 0 bridgehead atoms. The van der Waals surface area contributed by atoms with E-state index in [9.17, 15) is 0 Å². The lowest BCUT2D eigenvalue weighted by molar-refractivity contribution is 0.260. The van der Waals surface area contributed by atoms with Gasteiger partial charge in [-0.25, -0.2) is 0 Å². The number of allylic oxidation sites excluding steroid dienone is 1. The summed E-state index contributed by atoms with van der Waals surface area (Å²) in [6.07, 6.45) is 5.30. The van der Waals surface area contributed by atoms with Crippen molar-refractivity contribution in [3.63, 3.8) is 0 Å². The van der Waals surface area contributed by atoms with Gasteiger partial charge < -0.3 is 0 Å². The van der Waals surface area contributed by atoms with E-state index in [4.69, 9.17) is 0 Å². The largest absolute Gasteiger partial charge is 0.125 e. The van der Waals surface area contributed by atoms with Crippen LogP contribution in [0.5, 0.6) is 0 Å². The molecule has 0 heteroatoms. The van der Waals surface area contributed by atoms with Crippen LogP contribution in [0.2, 0.25) is 0 Å². The lowest BCUT2D eigenvalue weighted by atomic mass is 9.66. The van der Waals surface area contributed by atoms with Gasteiger partial charge in [-0.05, 0) is 67.6 Å². The summed E-state index contributed by atoms with van der Waals surface area (Å²) in [5.74, 6) is 0.887. The fourth-order valence-electron chi connectivity index (χ4n) is 3.26. The molecule has 1 fully saturated rings. The molecule has 0 radical (unpaired) electrons. The van der Waals surface area contributed by atoms with E-state index in [-0.39, 0.29) is 0 Å². The van der Waals surface area contributed by atoms with Crippen LogP contribution in [0.3, 0.4) is 0 Å². The number of hydrogen-bond donors (Lipinski definition) is 0. The molecule has 1 saturated carbocycles. The summed E-state index contributed by atoms with van der Waals surface area (Å²) in [5.41, 5.74) is 8.76. The quantitative estimate of drug-likeness (QED) is 0.598. The van der Waals surface area contributed by atoms with Crippen LogP contribution < -0.4 is 0 Å². The van der Waals surface area contributed by atoms with Crippen molar-refractivity contribution in [3.8, 4) is 0 Å². The molecule has 2 rings (SSSR count). The highest BCUT2D eigenvalue weighted by Crippen LogP contribution is 2.43. The Morgan fingerprint density at radius 2 is 1.95 bits per heavy atom. The average molecular weight is 254 g/mol.